The Hall–Kier alpha value is -3.23. The van der Waals surface area contributed by atoms with E-state index >= 15 is 0 Å². The molecule has 1 aromatic carbocycles. The maximum Gasteiger partial charge on any atom is 0.337 e. The molecule has 1 saturated heterocycles. The minimum atomic E-state index is -1.04. The first kappa shape index (κ1) is 19.1. The van der Waals surface area contributed by atoms with Gasteiger partial charge in [0.05, 0.1) is 12.7 Å². The standard InChI is InChI=1S/C17H19N3O6/c1-9(2)20-15(23)14(22)19(17(20)25)8-13(21)18-12-7-11(16(24)26-4)6-5-10(12)3/h5-7,9H,8H2,1-4H3,(H,18,21). The van der Waals surface area contributed by atoms with E-state index in [1.54, 1.807) is 32.9 Å². The Bertz CT molecular complexity index is 802. The number of nitrogens with zero attached hydrogens (tertiary/aromatic N) is 2. The maximum absolute atomic E-state index is 12.2. The molecule has 1 aliphatic heterocycles. The van der Waals surface area contributed by atoms with Crippen LogP contribution in [0.1, 0.15) is 29.8 Å². The van der Waals surface area contributed by atoms with Crippen molar-refractivity contribution in [1.29, 1.82) is 0 Å². The van der Waals surface area contributed by atoms with Crippen molar-refractivity contribution in [3.63, 3.8) is 0 Å². The summed E-state index contributed by atoms with van der Waals surface area (Å²) in [6, 6.07) is 3.27. The van der Waals surface area contributed by atoms with E-state index < -0.39 is 42.3 Å². The molecule has 1 N–H and O–H groups in total. The van der Waals surface area contributed by atoms with Gasteiger partial charge in [0, 0.05) is 11.7 Å². The maximum atomic E-state index is 12.2. The minimum Gasteiger partial charge on any atom is -0.465 e. The zero-order chi connectivity index (χ0) is 19.6. The van der Waals surface area contributed by atoms with Crippen LogP contribution in [0.2, 0.25) is 0 Å². The number of carbonyl (C=O) groups is 5. The lowest BCUT2D eigenvalue weighted by Gasteiger charge is -2.18. The van der Waals surface area contributed by atoms with Crippen molar-refractivity contribution in [3.8, 4) is 0 Å². The molecule has 0 radical (unpaired) electrons. The van der Waals surface area contributed by atoms with Gasteiger partial charge in [-0.1, -0.05) is 6.07 Å². The molecule has 0 spiro atoms. The largest absolute Gasteiger partial charge is 0.465 e. The number of anilines is 1. The van der Waals surface area contributed by atoms with Gasteiger partial charge >= 0.3 is 23.8 Å². The molecule has 1 aromatic rings. The quantitative estimate of drug-likeness (QED) is 0.474. The number of amides is 5. The zero-order valence-electron chi connectivity index (χ0n) is 14.9. The molecule has 9 heteroatoms. The molecule has 1 heterocycles. The van der Waals surface area contributed by atoms with E-state index in [1.165, 1.54) is 13.2 Å². The third-order valence-corrected chi connectivity index (χ3v) is 3.83. The number of rotatable bonds is 5. The van der Waals surface area contributed by atoms with Crippen LogP contribution in [-0.4, -0.2) is 59.2 Å². The van der Waals surface area contributed by atoms with E-state index in [1.807, 2.05) is 0 Å². The van der Waals surface area contributed by atoms with E-state index in [2.05, 4.69) is 10.1 Å². The van der Waals surface area contributed by atoms with Crippen LogP contribution < -0.4 is 5.32 Å². The lowest BCUT2D eigenvalue weighted by atomic mass is 10.1. The van der Waals surface area contributed by atoms with Gasteiger partial charge in [-0.15, -0.1) is 0 Å². The lowest BCUT2D eigenvalue weighted by Crippen LogP contribution is -2.40. The second kappa shape index (κ2) is 7.34. The smallest absolute Gasteiger partial charge is 0.337 e. The van der Waals surface area contributed by atoms with Crippen LogP contribution in [0.5, 0.6) is 0 Å². The molecule has 26 heavy (non-hydrogen) atoms. The van der Waals surface area contributed by atoms with Gasteiger partial charge < -0.3 is 10.1 Å². The lowest BCUT2D eigenvalue weighted by molar-refractivity contribution is -0.144. The van der Waals surface area contributed by atoms with Crippen LogP contribution in [0, 0.1) is 6.92 Å². The number of carbonyl (C=O) groups excluding carboxylic acids is 5. The van der Waals surface area contributed by atoms with Crippen LogP contribution in [-0.2, 0) is 19.1 Å². The number of urea groups is 1. The number of hydrogen-bond acceptors (Lipinski definition) is 6. The number of hydrogen-bond donors (Lipinski definition) is 1. The Morgan fingerprint density at radius 3 is 2.35 bits per heavy atom. The summed E-state index contributed by atoms with van der Waals surface area (Å²) in [5.41, 5.74) is 1.25. The van der Waals surface area contributed by atoms with Crippen molar-refractivity contribution in [3.05, 3.63) is 29.3 Å². The van der Waals surface area contributed by atoms with Crippen molar-refractivity contribution in [1.82, 2.24) is 9.80 Å². The number of esters is 1. The fourth-order valence-electron chi connectivity index (χ4n) is 2.45. The molecule has 0 unspecified atom stereocenters. The third kappa shape index (κ3) is 3.56. The highest BCUT2D eigenvalue weighted by Gasteiger charge is 2.46. The minimum absolute atomic E-state index is 0.239. The molecular formula is C17H19N3O6. The molecule has 0 saturated carbocycles. The summed E-state index contributed by atoms with van der Waals surface area (Å²) in [7, 11) is 1.24. The van der Waals surface area contributed by atoms with E-state index in [0.29, 0.717) is 16.2 Å². The molecule has 138 valence electrons. The number of imide groups is 2. The van der Waals surface area contributed by atoms with E-state index in [0.717, 1.165) is 4.90 Å². The molecule has 1 aliphatic rings. The summed E-state index contributed by atoms with van der Waals surface area (Å²) in [6.07, 6.45) is 0. The molecule has 0 atom stereocenters. The normalized spacial score (nSPS) is 14.3. The second-order valence-electron chi connectivity index (χ2n) is 6.01. The Morgan fingerprint density at radius 1 is 1.15 bits per heavy atom. The summed E-state index contributed by atoms with van der Waals surface area (Å²) in [5, 5.41) is 2.53. The highest BCUT2D eigenvalue weighted by Crippen LogP contribution is 2.19. The Labute approximate surface area is 149 Å². The second-order valence-corrected chi connectivity index (χ2v) is 6.01. The first-order chi connectivity index (χ1) is 12.2. The topological polar surface area (TPSA) is 113 Å². The third-order valence-electron chi connectivity index (χ3n) is 3.83. The van der Waals surface area contributed by atoms with E-state index in [9.17, 15) is 24.0 Å². The molecule has 0 bridgehead atoms. The van der Waals surface area contributed by atoms with Gasteiger partial charge in [-0.2, -0.15) is 0 Å². The van der Waals surface area contributed by atoms with Gasteiger partial charge in [-0.05, 0) is 38.5 Å². The van der Waals surface area contributed by atoms with E-state index in [4.69, 9.17) is 0 Å². The summed E-state index contributed by atoms with van der Waals surface area (Å²) in [6.45, 7) is 4.30. The van der Waals surface area contributed by atoms with Crippen LogP contribution in [0.3, 0.4) is 0 Å². The van der Waals surface area contributed by atoms with Crippen molar-refractivity contribution in [2.75, 3.05) is 19.0 Å². The zero-order valence-corrected chi connectivity index (χ0v) is 14.9. The van der Waals surface area contributed by atoms with Crippen molar-refractivity contribution in [2.45, 2.75) is 26.8 Å². The monoisotopic (exact) mass is 361 g/mol. The average Bonchev–Trinajstić information content (AvgIpc) is 2.79. The number of methoxy groups -OCH3 is 1. The highest BCUT2D eigenvalue weighted by molar-refractivity contribution is 6.45. The van der Waals surface area contributed by atoms with Gasteiger partial charge in [0.2, 0.25) is 5.91 Å². The average molecular weight is 361 g/mol. The molecular weight excluding hydrogens is 342 g/mol. The SMILES string of the molecule is COC(=O)c1ccc(C)c(NC(=O)CN2C(=O)C(=O)N(C(C)C)C2=O)c1. The summed E-state index contributed by atoms with van der Waals surface area (Å²) in [5.74, 6) is -3.24. The molecule has 9 nitrogen and oxygen atoms in total. The molecule has 2 rings (SSSR count). The number of nitrogens with one attached hydrogen (secondary N) is 1. The highest BCUT2D eigenvalue weighted by atomic mass is 16.5. The summed E-state index contributed by atoms with van der Waals surface area (Å²) in [4.78, 5) is 61.2. The predicted molar refractivity (Wildman–Crippen MR) is 90.2 cm³/mol. The first-order valence-electron chi connectivity index (χ1n) is 7.85. The fraction of sp³-hybridized carbons (Fsp3) is 0.353. The van der Waals surface area contributed by atoms with Gasteiger partial charge in [0.25, 0.3) is 0 Å². The summed E-state index contributed by atoms with van der Waals surface area (Å²) < 4.78 is 4.63. The fourth-order valence-corrected chi connectivity index (χ4v) is 2.45. The summed E-state index contributed by atoms with van der Waals surface area (Å²) >= 11 is 0. The number of benzene rings is 1. The predicted octanol–water partition coefficient (Wildman–Crippen LogP) is 0.919. The van der Waals surface area contributed by atoms with Crippen LogP contribution in [0.15, 0.2) is 18.2 Å². The van der Waals surface area contributed by atoms with Crippen LogP contribution >= 0.6 is 0 Å². The van der Waals surface area contributed by atoms with Crippen molar-refractivity contribution < 1.29 is 28.7 Å². The van der Waals surface area contributed by atoms with Crippen LogP contribution in [0.25, 0.3) is 0 Å². The molecule has 0 aliphatic carbocycles. The Balaban J connectivity index is 2.14. The van der Waals surface area contributed by atoms with Crippen molar-refractivity contribution in [2.24, 2.45) is 0 Å². The Morgan fingerprint density at radius 2 is 1.81 bits per heavy atom. The molecule has 1 fully saturated rings. The van der Waals surface area contributed by atoms with Gasteiger partial charge in [0.15, 0.2) is 0 Å². The van der Waals surface area contributed by atoms with Gasteiger partial charge in [-0.25, -0.2) is 14.5 Å². The van der Waals surface area contributed by atoms with Crippen molar-refractivity contribution >= 4 is 35.4 Å². The number of ether oxygens (including phenoxy) is 1. The first-order valence-corrected chi connectivity index (χ1v) is 7.85. The molecule has 5 amide bonds. The van der Waals surface area contributed by atoms with Crippen LogP contribution in [0.4, 0.5) is 10.5 Å². The van der Waals surface area contributed by atoms with Gasteiger partial charge in [-0.3, -0.25) is 19.3 Å². The molecule has 0 aromatic heterocycles. The number of aryl methyl sites for hydroxylation is 1. The Kier molecular flexibility index (Phi) is 5.39. The van der Waals surface area contributed by atoms with E-state index in [-0.39, 0.29) is 5.56 Å². The van der Waals surface area contributed by atoms with Gasteiger partial charge in [0.1, 0.15) is 6.54 Å².